The molecule has 6 atom stereocenters. The number of aliphatic hydroxyl groups is 1. The summed E-state index contributed by atoms with van der Waals surface area (Å²) in [6.07, 6.45) is -1.74. The number of carboxylic acids is 1. The molecule has 0 spiro atoms. The van der Waals surface area contributed by atoms with Crippen molar-refractivity contribution in [3.05, 3.63) is 120 Å². The van der Waals surface area contributed by atoms with Crippen LogP contribution < -0.4 is 5.32 Å². The summed E-state index contributed by atoms with van der Waals surface area (Å²) in [4.78, 5) is 90.4. The molecule has 3 aromatic carbocycles. The fourth-order valence-electron chi connectivity index (χ4n) is 7.30. The van der Waals surface area contributed by atoms with Crippen LogP contribution in [-0.2, 0) is 37.1 Å². The van der Waals surface area contributed by atoms with Crippen molar-refractivity contribution in [2.24, 2.45) is 11.8 Å². The molecule has 2 fully saturated rings. The van der Waals surface area contributed by atoms with Gasteiger partial charge in [-0.2, -0.15) is 0 Å². The number of esters is 1. The molecule has 298 valence electrons. The summed E-state index contributed by atoms with van der Waals surface area (Å²) in [6, 6.07) is 14.6. The van der Waals surface area contributed by atoms with Gasteiger partial charge in [0.1, 0.15) is 25.0 Å². The van der Waals surface area contributed by atoms with Crippen LogP contribution >= 0.6 is 11.8 Å². The first kappa shape index (κ1) is 40.3. The third kappa shape index (κ3) is 8.73. The van der Waals surface area contributed by atoms with Crippen LogP contribution in [0.2, 0.25) is 0 Å². The number of ether oxygens (including phenoxy) is 2. The third-order valence-corrected chi connectivity index (χ3v) is 11.6. The van der Waals surface area contributed by atoms with Gasteiger partial charge in [-0.3, -0.25) is 34.7 Å². The number of nitrogens with zero attached hydrogens (tertiary/aromatic N) is 4. The molecule has 3 aliphatic rings. The number of carbonyl (C=O) groups excluding carboxylic acids is 4. The summed E-state index contributed by atoms with van der Waals surface area (Å²) in [5.74, 6) is -4.07. The largest absolute Gasteiger partial charge is 0.478 e. The predicted octanol–water partition coefficient (Wildman–Crippen LogP) is 4.86. The molecule has 18 nitrogen and oxygen atoms in total. The zero-order valence-corrected chi connectivity index (χ0v) is 31.3. The Labute approximate surface area is 328 Å². The first-order valence-electron chi connectivity index (χ1n) is 17.7. The lowest BCUT2D eigenvalue weighted by atomic mass is 9.88. The van der Waals surface area contributed by atoms with E-state index in [1.54, 1.807) is 6.92 Å². The van der Waals surface area contributed by atoms with Gasteiger partial charge >= 0.3 is 18.0 Å². The number of nitrogens with one attached hydrogen (secondary N) is 1. The van der Waals surface area contributed by atoms with Crippen molar-refractivity contribution in [3.8, 4) is 0 Å². The van der Waals surface area contributed by atoms with E-state index in [0.717, 1.165) is 0 Å². The second-order valence-electron chi connectivity index (χ2n) is 13.9. The Balaban J connectivity index is 1.27. The Bertz CT molecular complexity index is 2140. The summed E-state index contributed by atoms with van der Waals surface area (Å²) in [5.41, 5.74) is 0.676. The molecule has 0 aliphatic carbocycles. The maximum Gasteiger partial charge on any atom is 0.410 e. The molecule has 1 unspecified atom stereocenters. The number of hydrogen-bond donors (Lipinski definition) is 3. The van der Waals surface area contributed by atoms with E-state index in [1.165, 1.54) is 94.4 Å². The van der Waals surface area contributed by atoms with Gasteiger partial charge < -0.3 is 29.9 Å². The standard InChI is InChI=1S/C38H37N5O13S/c1-20-32-29(21(2)44)16-31(45)41(32)33(37(49)55-18-22-6-10-26(11-7-22)42(51)52)34(20)57-28-15-30(35(46)39-25-5-3-4-24(14-25)36(47)48)40(17-28)38(50)56-19-23-8-12-27(13-9-23)43(53)54/h3-14,20-21,28-30,32,44H,15-19H2,1-2H3,(H,39,46)(H,47,48)/t20-,21-,28+,29?,30+,32-/m1/s1. The van der Waals surface area contributed by atoms with Gasteiger partial charge in [0.05, 0.1) is 27.6 Å². The molecular weight excluding hydrogens is 767 g/mol. The van der Waals surface area contributed by atoms with Crippen molar-refractivity contribution in [1.29, 1.82) is 0 Å². The number of rotatable bonds is 13. The van der Waals surface area contributed by atoms with Crippen LogP contribution in [0.25, 0.3) is 0 Å². The second kappa shape index (κ2) is 16.8. The van der Waals surface area contributed by atoms with Gasteiger partial charge in [0.25, 0.3) is 11.4 Å². The molecule has 3 amide bonds. The molecule has 57 heavy (non-hydrogen) atoms. The number of aliphatic hydroxyl groups excluding tert-OH is 1. The van der Waals surface area contributed by atoms with Gasteiger partial charge in [-0.25, -0.2) is 14.4 Å². The highest BCUT2D eigenvalue weighted by atomic mass is 32.2. The second-order valence-corrected chi connectivity index (χ2v) is 15.2. The minimum Gasteiger partial charge on any atom is -0.478 e. The van der Waals surface area contributed by atoms with Crippen molar-refractivity contribution >= 4 is 58.7 Å². The van der Waals surface area contributed by atoms with Crippen molar-refractivity contribution in [2.45, 2.75) is 63.3 Å². The lowest BCUT2D eigenvalue weighted by Gasteiger charge is -2.27. The number of benzene rings is 3. The number of nitro benzene ring substituents is 2. The van der Waals surface area contributed by atoms with Crippen molar-refractivity contribution in [2.75, 3.05) is 11.9 Å². The van der Waals surface area contributed by atoms with E-state index in [2.05, 4.69) is 5.32 Å². The molecule has 19 heteroatoms. The lowest BCUT2D eigenvalue weighted by molar-refractivity contribution is -0.385. The molecule has 0 saturated carbocycles. The molecule has 6 rings (SSSR count). The Morgan fingerprint density at radius 3 is 2.11 bits per heavy atom. The number of non-ortho nitro benzene ring substituents is 2. The van der Waals surface area contributed by atoms with Gasteiger partial charge in [-0.1, -0.05) is 13.0 Å². The number of carboxylic acid groups (broad SMARTS) is 1. The van der Waals surface area contributed by atoms with Crippen LogP contribution in [0.5, 0.6) is 0 Å². The molecule has 2 saturated heterocycles. The average Bonchev–Trinajstić information content (AvgIpc) is 3.85. The molecule has 3 heterocycles. The fraction of sp³-hybridized carbons (Fsp3) is 0.342. The topological polar surface area (TPSA) is 249 Å². The number of carbonyl (C=O) groups is 5. The van der Waals surface area contributed by atoms with E-state index >= 15 is 0 Å². The van der Waals surface area contributed by atoms with Crippen molar-refractivity contribution in [3.63, 3.8) is 0 Å². The van der Waals surface area contributed by atoms with E-state index in [9.17, 15) is 54.4 Å². The summed E-state index contributed by atoms with van der Waals surface area (Å²) in [5, 5.41) is 44.4. The molecule has 0 aromatic heterocycles. The molecular formula is C38H37N5O13S. The summed E-state index contributed by atoms with van der Waals surface area (Å²) in [7, 11) is 0. The predicted molar refractivity (Wildman–Crippen MR) is 201 cm³/mol. The Morgan fingerprint density at radius 2 is 1.54 bits per heavy atom. The smallest absolute Gasteiger partial charge is 0.410 e. The Hall–Kier alpha value is -6.34. The summed E-state index contributed by atoms with van der Waals surface area (Å²) < 4.78 is 11.2. The minimum atomic E-state index is -1.21. The number of fused-ring (bicyclic) bond motifs is 1. The number of thioether (sulfide) groups is 1. The number of nitro groups is 2. The van der Waals surface area contributed by atoms with Crippen molar-refractivity contribution < 1.29 is 53.5 Å². The van der Waals surface area contributed by atoms with E-state index in [4.69, 9.17) is 9.47 Å². The van der Waals surface area contributed by atoms with Gasteiger partial charge in [-0.05, 0) is 66.9 Å². The van der Waals surface area contributed by atoms with Gasteiger partial charge in [0, 0.05) is 64.9 Å². The quantitative estimate of drug-likeness (QED) is 0.119. The molecule has 3 N–H and O–H groups in total. The van der Waals surface area contributed by atoms with Crippen molar-refractivity contribution in [1.82, 2.24) is 9.80 Å². The van der Waals surface area contributed by atoms with E-state index in [1.807, 2.05) is 6.92 Å². The Morgan fingerprint density at radius 1 is 0.947 bits per heavy atom. The zero-order valence-electron chi connectivity index (χ0n) is 30.5. The molecule has 0 radical (unpaired) electrons. The van der Waals surface area contributed by atoms with Gasteiger partial charge in [0.15, 0.2) is 0 Å². The monoisotopic (exact) mass is 803 g/mol. The van der Waals surface area contributed by atoms with Crippen LogP contribution in [0.4, 0.5) is 21.9 Å². The minimum absolute atomic E-state index is 0.00706. The van der Waals surface area contributed by atoms with E-state index < -0.39 is 69.1 Å². The number of hydrogen-bond acceptors (Lipinski definition) is 13. The highest BCUT2D eigenvalue weighted by Gasteiger charge is 2.55. The Kier molecular flexibility index (Phi) is 11.9. The summed E-state index contributed by atoms with van der Waals surface area (Å²) in [6.45, 7) is 2.79. The SMILES string of the molecule is C[C@@H](O)C1CC(=O)N2C(C(=O)OCc3ccc([N+](=O)[O-])cc3)=C(S[C@H]3C[C@@H](C(=O)Nc4cccc(C(=O)O)c4)N(C(=O)OCc4ccc([N+](=O)[O-])cc4)C3)[C@H](C)[C@H]12. The highest BCUT2D eigenvalue weighted by molar-refractivity contribution is 8.03. The van der Waals surface area contributed by atoms with E-state index in [-0.39, 0.29) is 66.8 Å². The maximum atomic E-state index is 13.9. The highest BCUT2D eigenvalue weighted by Crippen LogP contribution is 2.51. The van der Waals surface area contributed by atoms with Crippen LogP contribution in [0.1, 0.15) is 48.2 Å². The van der Waals surface area contributed by atoms with Gasteiger partial charge in [0.2, 0.25) is 11.8 Å². The lowest BCUT2D eigenvalue weighted by Crippen LogP contribution is -2.43. The van der Waals surface area contributed by atoms with Crippen LogP contribution in [0, 0.1) is 32.1 Å². The first-order valence-corrected chi connectivity index (χ1v) is 18.6. The average molecular weight is 804 g/mol. The third-order valence-electron chi connectivity index (χ3n) is 10.1. The van der Waals surface area contributed by atoms with Crippen LogP contribution in [0.3, 0.4) is 0 Å². The number of amides is 3. The van der Waals surface area contributed by atoms with Crippen LogP contribution in [0.15, 0.2) is 83.4 Å². The van der Waals surface area contributed by atoms with E-state index in [0.29, 0.717) is 16.0 Å². The summed E-state index contributed by atoms with van der Waals surface area (Å²) >= 11 is 1.19. The molecule has 3 aliphatic heterocycles. The fourth-order valence-corrected chi connectivity index (χ4v) is 8.82. The zero-order chi connectivity index (χ0) is 41.1. The maximum absolute atomic E-state index is 13.9. The number of aromatic carboxylic acids is 1. The number of likely N-dealkylation sites (tertiary alicyclic amines) is 1. The molecule has 3 aromatic rings. The van der Waals surface area contributed by atoms with Crippen LogP contribution in [-0.4, -0.2) is 89.7 Å². The first-order chi connectivity index (χ1) is 27.1. The molecule has 0 bridgehead atoms. The normalized spacial score (nSPS) is 21.9. The van der Waals surface area contributed by atoms with Gasteiger partial charge in [-0.15, -0.1) is 11.8 Å². The number of anilines is 1.